The first-order chi connectivity index (χ1) is 5.79. The van der Waals surface area contributed by atoms with Crippen molar-refractivity contribution in [1.82, 2.24) is 4.98 Å². The van der Waals surface area contributed by atoms with E-state index in [0.717, 1.165) is 10.9 Å². The standard InChI is InChI=1S/C10H9NO.Ga/c1-7-4-5-9(12)10-8(7)3-2-6-11-10;/h2-6,12H,1H3;. The van der Waals surface area contributed by atoms with Gasteiger partial charge in [-0.05, 0) is 24.6 Å². The normalized spacial score (nSPS) is 9.62. The summed E-state index contributed by atoms with van der Waals surface area (Å²) in [6.45, 7) is 2.00. The topological polar surface area (TPSA) is 33.1 Å². The molecule has 0 amide bonds. The summed E-state index contributed by atoms with van der Waals surface area (Å²) in [4.78, 5) is 4.09. The molecule has 2 aromatic rings. The van der Waals surface area contributed by atoms with Crippen molar-refractivity contribution in [1.29, 1.82) is 0 Å². The fraction of sp³-hybridized carbons (Fsp3) is 0.100. The molecule has 0 spiro atoms. The van der Waals surface area contributed by atoms with Gasteiger partial charge in [0, 0.05) is 31.4 Å². The number of nitrogens with zero attached hydrogens (tertiary/aromatic N) is 1. The van der Waals surface area contributed by atoms with E-state index in [2.05, 4.69) is 4.98 Å². The van der Waals surface area contributed by atoms with Crippen LogP contribution in [0.1, 0.15) is 5.56 Å². The van der Waals surface area contributed by atoms with Crippen LogP contribution in [0.25, 0.3) is 10.9 Å². The number of hydrogen-bond acceptors (Lipinski definition) is 2. The van der Waals surface area contributed by atoms with Gasteiger partial charge >= 0.3 is 0 Å². The van der Waals surface area contributed by atoms with Gasteiger partial charge in [-0.25, -0.2) is 0 Å². The second kappa shape index (κ2) is 3.85. The Hall–Kier alpha value is -0.934. The maximum atomic E-state index is 9.43. The van der Waals surface area contributed by atoms with Crippen molar-refractivity contribution >= 4 is 30.7 Å². The molecule has 3 radical (unpaired) electrons. The van der Waals surface area contributed by atoms with Gasteiger partial charge in [-0.1, -0.05) is 12.1 Å². The maximum Gasteiger partial charge on any atom is 0.141 e. The Morgan fingerprint density at radius 3 is 2.69 bits per heavy atom. The van der Waals surface area contributed by atoms with Crippen molar-refractivity contribution in [2.75, 3.05) is 0 Å². The Labute approximate surface area is 89.7 Å². The maximum absolute atomic E-state index is 9.43. The van der Waals surface area contributed by atoms with Crippen molar-refractivity contribution in [2.45, 2.75) is 6.92 Å². The summed E-state index contributed by atoms with van der Waals surface area (Å²) in [6.07, 6.45) is 1.68. The monoisotopic (exact) mass is 228 g/mol. The molecule has 0 aliphatic heterocycles. The average molecular weight is 229 g/mol. The van der Waals surface area contributed by atoms with Crippen LogP contribution >= 0.6 is 0 Å². The molecule has 1 N–H and O–H groups in total. The van der Waals surface area contributed by atoms with E-state index in [1.54, 1.807) is 12.3 Å². The number of pyridine rings is 1. The Kier molecular flexibility index (Phi) is 3.01. The molecule has 0 atom stereocenters. The van der Waals surface area contributed by atoms with Gasteiger partial charge in [0.15, 0.2) is 0 Å². The Bertz CT molecular complexity index is 388. The molecule has 0 bridgehead atoms. The molecule has 0 saturated heterocycles. The van der Waals surface area contributed by atoms with Gasteiger partial charge in [0.25, 0.3) is 0 Å². The van der Waals surface area contributed by atoms with E-state index in [1.807, 2.05) is 25.1 Å². The van der Waals surface area contributed by atoms with Crippen LogP contribution in [0.3, 0.4) is 0 Å². The number of aryl methyl sites for hydroxylation is 1. The summed E-state index contributed by atoms with van der Waals surface area (Å²) in [5.74, 6) is 0.246. The largest absolute Gasteiger partial charge is 0.506 e. The van der Waals surface area contributed by atoms with Crippen molar-refractivity contribution < 1.29 is 5.11 Å². The van der Waals surface area contributed by atoms with Crippen LogP contribution in [0.5, 0.6) is 5.75 Å². The molecule has 1 heterocycles. The molecule has 0 aliphatic carbocycles. The molecule has 3 heteroatoms. The van der Waals surface area contributed by atoms with Gasteiger partial charge in [-0.3, -0.25) is 4.98 Å². The summed E-state index contributed by atoms with van der Waals surface area (Å²) in [5, 5.41) is 10.4. The van der Waals surface area contributed by atoms with Gasteiger partial charge in [-0.2, -0.15) is 0 Å². The third kappa shape index (κ3) is 1.71. The number of fused-ring (bicyclic) bond motifs is 1. The van der Waals surface area contributed by atoms with Crippen molar-refractivity contribution in [3.8, 4) is 5.75 Å². The van der Waals surface area contributed by atoms with Crippen LogP contribution in [0.2, 0.25) is 0 Å². The van der Waals surface area contributed by atoms with Crippen LogP contribution in [-0.2, 0) is 0 Å². The van der Waals surface area contributed by atoms with Crippen LogP contribution in [0.4, 0.5) is 0 Å². The predicted octanol–water partition coefficient (Wildman–Crippen LogP) is 1.87. The summed E-state index contributed by atoms with van der Waals surface area (Å²) in [7, 11) is 0. The number of rotatable bonds is 0. The minimum Gasteiger partial charge on any atom is -0.506 e. The Balaban J connectivity index is 0.000000845. The minimum atomic E-state index is 0. The number of phenols is 1. The van der Waals surface area contributed by atoms with Gasteiger partial charge in [0.05, 0.1) is 0 Å². The number of aromatic hydroxyl groups is 1. The summed E-state index contributed by atoms with van der Waals surface area (Å²) < 4.78 is 0. The third-order valence-electron chi connectivity index (χ3n) is 1.97. The number of phenolic OH excluding ortho intramolecular Hbond substituents is 1. The second-order valence-electron chi connectivity index (χ2n) is 2.80. The van der Waals surface area contributed by atoms with Crippen LogP contribution in [-0.4, -0.2) is 29.9 Å². The molecular formula is C10H9GaNO. The number of hydrogen-bond donors (Lipinski definition) is 1. The Morgan fingerprint density at radius 2 is 2.00 bits per heavy atom. The Morgan fingerprint density at radius 1 is 1.23 bits per heavy atom. The fourth-order valence-corrected chi connectivity index (χ4v) is 1.30. The number of benzene rings is 1. The molecule has 1 aromatic heterocycles. The zero-order chi connectivity index (χ0) is 8.55. The molecule has 2 nitrogen and oxygen atoms in total. The fourth-order valence-electron chi connectivity index (χ4n) is 1.30. The molecule has 0 aliphatic rings. The first-order valence-electron chi connectivity index (χ1n) is 3.82. The average Bonchev–Trinajstić information content (AvgIpc) is 2.12. The molecule has 0 unspecified atom stereocenters. The predicted molar refractivity (Wildman–Crippen MR) is 53.9 cm³/mol. The molecular weight excluding hydrogens is 220 g/mol. The minimum absolute atomic E-state index is 0. The van der Waals surface area contributed by atoms with E-state index in [-0.39, 0.29) is 25.5 Å². The zero-order valence-corrected chi connectivity index (χ0v) is 9.78. The first-order valence-corrected chi connectivity index (χ1v) is 3.82. The quantitative estimate of drug-likeness (QED) is 0.699. The molecule has 1 aromatic carbocycles. The first kappa shape index (κ1) is 10.1. The third-order valence-corrected chi connectivity index (χ3v) is 1.97. The van der Waals surface area contributed by atoms with E-state index in [1.165, 1.54) is 0 Å². The van der Waals surface area contributed by atoms with Gasteiger partial charge in [0.2, 0.25) is 0 Å². The second-order valence-corrected chi connectivity index (χ2v) is 2.80. The van der Waals surface area contributed by atoms with E-state index in [4.69, 9.17) is 0 Å². The van der Waals surface area contributed by atoms with Crippen LogP contribution in [0.15, 0.2) is 30.5 Å². The van der Waals surface area contributed by atoms with Crippen LogP contribution in [0, 0.1) is 6.92 Å². The molecule has 2 rings (SSSR count). The summed E-state index contributed by atoms with van der Waals surface area (Å²) >= 11 is 0. The van der Waals surface area contributed by atoms with E-state index < -0.39 is 0 Å². The van der Waals surface area contributed by atoms with Crippen LogP contribution < -0.4 is 0 Å². The van der Waals surface area contributed by atoms with Crippen molar-refractivity contribution in [3.05, 3.63) is 36.0 Å². The molecule has 0 saturated carbocycles. The summed E-state index contributed by atoms with van der Waals surface area (Å²) in [6, 6.07) is 7.39. The SMILES string of the molecule is Cc1ccc(O)c2ncccc12.[Ga]. The zero-order valence-electron chi connectivity index (χ0n) is 7.36. The van der Waals surface area contributed by atoms with E-state index in [9.17, 15) is 5.11 Å². The van der Waals surface area contributed by atoms with Gasteiger partial charge in [0.1, 0.15) is 11.3 Å². The smallest absolute Gasteiger partial charge is 0.141 e. The van der Waals surface area contributed by atoms with Crippen molar-refractivity contribution in [2.24, 2.45) is 0 Å². The van der Waals surface area contributed by atoms with Crippen molar-refractivity contribution in [3.63, 3.8) is 0 Å². The molecule has 63 valence electrons. The molecule has 0 fully saturated rings. The van der Waals surface area contributed by atoms with E-state index >= 15 is 0 Å². The molecule has 13 heavy (non-hydrogen) atoms. The number of aromatic nitrogens is 1. The van der Waals surface area contributed by atoms with Gasteiger partial charge < -0.3 is 5.11 Å². The summed E-state index contributed by atoms with van der Waals surface area (Å²) in [5.41, 5.74) is 1.81. The van der Waals surface area contributed by atoms with E-state index in [0.29, 0.717) is 5.52 Å². The van der Waals surface area contributed by atoms with Gasteiger partial charge in [-0.15, -0.1) is 0 Å².